The van der Waals surface area contributed by atoms with Crippen LogP contribution in [-0.4, -0.2) is 46.3 Å². The maximum Gasteiger partial charge on any atom is 0.213 e. The van der Waals surface area contributed by atoms with Crippen LogP contribution in [0.3, 0.4) is 0 Å². The Bertz CT molecular complexity index is 1030. The first kappa shape index (κ1) is 19.6. The Morgan fingerprint density at radius 2 is 2.04 bits per heavy atom. The molecule has 1 saturated heterocycles. The molecule has 2 aromatic heterocycles. The molecule has 1 aliphatic rings. The van der Waals surface area contributed by atoms with Crippen LogP contribution in [0.15, 0.2) is 36.8 Å². The zero-order valence-corrected chi connectivity index (χ0v) is 15.3. The highest BCUT2D eigenvalue weighted by Gasteiger charge is 2.27. The molecule has 1 aliphatic heterocycles. The summed E-state index contributed by atoms with van der Waals surface area (Å²) in [6.07, 6.45) is 7.16. The summed E-state index contributed by atoms with van der Waals surface area (Å²) in [5.74, 6) is -0.125. The predicted molar refractivity (Wildman–Crippen MR) is 106 cm³/mol. The maximum absolute atomic E-state index is 13.4. The van der Waals surface area contributed by atoms with Crippen LogP contribution in [0.4, 0.5) is 4.39 Å². The molecule has 0 bridgehead atoms. The third-order valence-corrected chi connectivity index (χ3v) is 6.99. The van der Waals surface area contributed by atoms with Gasteiger partial charge in [-0.15, -0.1) is 0 Å². The second kappa shape index (κ2) is 7.44. The van der Waals surface area contributed by atoms with Crippen molar-refractivity contribution in [3.63, 3.8) is 0 Å². The molecule has 3 aromatic rings. The standard InChI is InChI=1S/C18H21FN4O2S.CH4/c1-2-26(24,25)22-7-5-15(6-8-22)23-12-13(10-21-23)17-11-20-18-9-14(19)3-4-16(17)18;/h3-4,9-12,15,20H,2,5-8H2,1H3;1H4. The number of rotatable bonds is 4. The van der Waals surface area contributed by atoms with Crippen LogP contribution in [0.1, 0.15) is 33.2 Å². The first-order valence-electron chi connectivity index (χ1n) is 8.77. The Balaban J connectivity index is 0.00000210. The summed E-state index contributed by atoms with van der Waals surface area (Å²) in [5.41, 5.74) is 2.70. The van der Waals surface area contributed by atoms with Crippen LogP contribution in [-0.2, 0) is 10.0 Å². The van der Waals surface area contributed by atoms with Crippen molar-refractivity contribution in [2.75, 3.05) is 18.8 Å². The van der Waals surface area contributed by atoms with Crippen LogP contribution in [0.25, 0.3) is 22.0 Å². The van der Waals surface area contributed by atoms with Crippen LogP contribution < -0.4 is 0 Å². The fourth-order valence-corrected chi connectivity index (χ4v) is 4.71. The van der Waals surface area contributed by atoms with Gasteiger partial charge in [-0.05, 0) is 38.0 Å². The van der Waals surface area contributed by atoms with Crippen molar-refractivity contribution in [3.05, 3.63) is 42.6 Å². The summed E-state index contributed by atoms with van der Waals surface area (Å²) in [6.45, 7) is 2.74. The Morgan fingerprint density at radius 1 is 1.30 bits per heavy atom. The van der Waals surface area contributed by atoms with Crippen molar-refractivity contribution in [2.24, 2.45) is 0 Å². The molecule has 0 amide bonds. The number of nitrogens with one attached hydrogen (secondary N) is 1. The van der Waals surface area contributed by atoms with Crippen LogP contribution in [0.5, 0.6) is 0 Å². The molecule has 8 heteroatoms. The number of benzene rings is 1. The third kappa shape index (κ3) is 3.64. The van der Waals surface area contributed by atoms with E-state index in [0.717, 1.165) is 34.9 Å². The molecule has 3 heterocycles. The molecular formula is C19H25FN4O2S. The van der Waals surface area contributed by atoms with Crippen molar-refractivity contribution in [2.45, 2.75) is 33.2 Å². The fourth-order valence-electron chi connectivity index (χ4n) is 3.58. The maximum atomic E-state index is 13.4. The number of aromatic nitrogens is 3. The highest BCUT2D eigenvalue weighted by Crippen LogP contribution is 2.31. The lowest BCUT2D eigenvalue weighted by Gasteiger charge is -2.31. The number of sulfonamides is 1. The van der Waals surface area contributed by atoms with E-state index < -0.39 is 10.0 Å². The van der Waals surface area contributed by atoms with E-state index in [2.05, 4.69) is 10.1 Å². The Labute approximate surface area is 159 Å². The van der Waals surface area contributed by atoms with Gasteiger partial charge in [-0.3, -0.25) is 4.68 Å². The van der Waals surface area contributed by atoms with Gasteiger partial charge in [0, 0.05) is 47.5 Å². The molecule has 0 atom stereocenters. The number of piperidine rings is 1. The van der Waals surface area contributed by atoms with E-state index in [0.29, 0.717) is 13.1 Å². The summed E-state index contributed by atoms with van der Waals surface area (Å²) < 4.78 is 40.8. The summed E-state index contributed by atoms with van der Waals surface area (Å²) in [7, 11) is -3.12. The second-order valence-electron chi connectivity index (χ2n) is 6.63. The summed E-state index contributed by atoms with van der Waals surface area (Å²) >= 11 is 0. The van der Waals surface area contributed by atoms with Gasteiger partial charge in [0.25, 0.3) is 0 Å². The third-order valence-electron chi connectivity index (χ3n) is 5.11. The number of aromatic amines is 1. The van der Waals surface area contributed by atoms with E-state index in [1.807, 2.05) is 17.1 Å². The van der Waals surface area contributed by atoms with Gasteiger partial charge in [-0.2, -0.15) is 5.10 Å². The molecule has 27 heavy (non-hydrogen) atoms. The molecule has 1 fully saturated rings. The summed E-state index contributed by atoms with van der Waals surface area (Å²) in [5, 5.41) is 5.44. The van der Waals surface area contributed by atoms with Gasteiger partial charge >= 0.3 is 0 Å². The van der Waals surface area contributed by atoms with Gasteiger partial charge in [0.15, 0.2) is 0 Å². The van der Waals surface area contributed by atoms with Crippen molar-refractivity contribution in [1.82, 2.24) is 19.1 Å². The van der Waals surface area contributed by atoms with Crippen LogP contribution in [0, 0.1) is 5.82 Å². The predicted octanol–water partition coefficient (Wildman–Crippen LogP) is 3.79. The minimum Gasteiger partial charge on any atom is -0.360 e. The number of nitrogens with zero attached hydrogens (tertiary/aromatic N) is 3. The molecule has 4 rings (SSSR count). The van der Waals surface area contributed by atoms with Gasteiger partial charge in [0.05, 0.1) is 18.0 Å². The van der Waals surface area contributed by atoms with E-state index in [-0.39, 0.29) is 25.0 Å². The van der Waals surface area contributed by atoms with E-state index in [1.54, 1.807) is 23.5 Å². The van der Waals surface area contributed by atoms with E-state index >= 15 is 0 Å². The van der Waals surface area contributed by atoms with E-state index in [4.69, 9.17) is 0 Å². The van der Waals surface area contributed by atoms with E-state index in [9.17, 15) is 12.8 Å². The molecule has 146 valence electrons. The number of halogens is 1. The Kier molecular flexibility index (Phi) is 5.39. The van der Waals surface area contributed by atoms with Crippen molar-refractivity contribution in [1.29, 1.82) is 0 Å². The van der Waals surface area contributed by atoms with Crippen molar-refractivity contribution in [3.8, 4) is 11.1 Å². The fraction of sp³-hybridized carbons (Fsp3) is 0.421. The number of fused-ring (bicyclic) bond motifs is 1. The smallest absolute Gasteiger partial charge is 0.213 e. The molecule has 1 N–H and O–H groups in total. The number of hydrogen-bond acceptors (Lipinski definition) is 3. The van der Waals surface area contributed by atoms with Crippen LogP contribution >= 0.6 is 0 Å². The Morgan fingerprint density at radius 3 is 2.74 bits per heavy atom. The lowest BCUT2D eigenvalue weighted by atomic mass is 10.1. The SMILES string of the molecule is C.CCS(=O)(=O)N1CCC(n2cc(-c3c[nH]c4cc(F)ccc34)cn2)CC1. The molecule has 6 nitrogen and oxygen atoms in total. The first-order chi connectivity index (χ1) is 12.5. The van der Waals surface area contributed by atoms with Gasteiger partial charge in [-0.25, -0.2) is 17.1 Å². The summed E-state index contributed by atoms with van der Waals surface area (Å²) in [4.78, 5) is 3.09. The topological polar surface area (TPSA) is 71.0 Å². The average molecular weight is 393 g/mol. The highest BCUT2D eigenvalue weighted by atomic mass is 32.2. The van der Waals surface area contributed by atoms with Gasteiger partial charge in [-0.1, -0.05) is 7.43 Å². The molecule has 0 spiro atoms. The highest BCUT2D eigenvalue weighted by molar-refractivity contribution is 7.89. The number of hydrogen-bond donors (Lipinski definition) is 1. The second-order valence-corrected chi connectivity index (χ2v) is 8.89. The van der Waals surface area contributed by atoms with Crippen molar-refractivity contribution >= 4 is 20.9 Å². The molecule has 0 aliphatic carbocycles. The monoisotopic (exact) mass is 392 g/mol. The van der Waals surface area contributed by atoms with Crippen molar-refractivity contribution < 1.29 is 12.8 Å². The van der Waals surface area contributed by atoms with Gasteiger partial charge < -0.3 is 4.98 Å². The molecule has 0 radical (unpaired) electrons. The molecular weight excluding hydrogens is 367 g/mol. The van der Waals surface area contributed by atoms with Gasteiger partial charge in [0.1, 0.15) is 5.82 Å². The largest absolute Gasteiger partial charge is 0.360 e. The lowest BCUT2D eigenvalue weighted by Crippen LogP contribution is -2.39. The van der Waals surface area contributed by atoms with E-state index in [1.165, 1.54) is 12.1 Å². The average Bonchev–Trinajstić information content (AvgIpc) is 3.28. The lowest BCUT2D eigenvalue weighted by molar-refractivity contribution is 0.261. The molecule has 0 saturated carbocycles. The number of H-pyrrole nitrogens is 1. The zero-order valence-electron chi connectivity index (χ0n) is 14.5. The normalized spacial score (nSPS) is 16.5. The zero-order chi connectivity index (χ0) is 18.3. The minimum absolute atomic E-state index is 0. The minimum atomic E-state index is -3.12. The molecule has 0 unspecified atom stereocenters. The van der Waals surface area contributed by atoms with Crippen LogP contribution in [0.2, 0.25) is 0 Å². The van der Waals surface area contributed by atoms with Gasteiger partial charge in [0.2, 0.25) is 10.0 Å². The molecule has 1 aromatic carbocycles. The first-order valence-corrected chi connectivity index (χ1v) is 10.4. The Hall–Kier alpha value is -2.19. The quantitative estimate of drug-likeness (QED) is 0.734. The summed E-state index contributed by atoms with van der Waals surface area (Å²) in [6, 6.07) is 4.89.